The number of β-amino-alcohol motifs (C(OH)–C–C–N with tert-alkyl or cyclic N) is 1. The highest BCUT2D eigenvalue weighted by molar-refractivity contribution is 6.29. The predicted octanol–water partition coefficient (Wildman–Crippen LogP) is 1.83. The van der Waals surface area contributed by atoms with Gasteiger partial charge in [-0.2, -0.15) is 4.98 Å². The van der Waals surface area contributed by atoms with Gasteiger partial charge in [0.25, 0.3) is 5.91 Å². The van der Waals surface area contributed by atoms with Crippen LogP contribution in [0.1, 0.15) is 35.1 Å². The average Bonchev–Trinajstić information content (AvgIpc) is 3.06. The van der Waals surface area contributed by atoms with Gasteiger partial charge in [-0.1, -0.05) is 5.16 Å². The van der Waals surface area contributed by atoms with E-state index in [2.05, 4.69) is 10.1 Å². The number of furan rings is 1. The molecule has 22 heavy (non-hydrogen) atoms. The van der Waals surface area contributed by atoms with Crippen molar-refractivity contribution in [3.8, 4) is 0 Å². The molecule has 0 bridgehead atoms. The number of likely N-dealkylation sites (tertiary alicyclic amines) is 1. The zero-order valence-corrected chi connectivity index (χ0v) is 12.8. The zero-order chi connectivity index (χ0) is 15.7. The summed E-state index contributed by atoms with van der Waals surface area (Å²) in [5, 5.41) is 14.6. The lowest BCUT2D eigenvalue weighted by molar-refractivity contribution is -0.0294. The molecule has 3 heterocycles. The number of hydrogen-bond donors (Lipinski definition) is 1. The molecule has 3 rings (SSSR count). The Hall–Kier alpha value is -1.86. The van der Waals surface area contributed by atoms with Gasteiger partial charge < -0.3 is 18.9 Å². The van der Waals surface area contributed by atoms with Crippen LogP contribution in [0.3, 0.4) is 0 Å². The van der Waals surface area contributed by atoms with Crippen molar-refractivity contribution in [2.24, 2.45) is 0 Å². The Bertz CT molecular complexity index is 683. The first kappa shape index (κ1) is 15.1. The van der Waals surface area contributed by atoms with Gasteiger partial charge in [0, 0.05) is 6.54 Å². The number of aliphatic hydroxyl groups is 1. The van der Waals surface area contributed by atoms with Gasteiger partial charge in [0.15, 0.2) is 16.8 Å². The number of hydrogen-bond acceptors (Lipinski definition) is 6. The fourth-order valence-electron chi connectivity index (χ4n) is 2.71. The molecule has 0 aliphatic carbocycles. The molecular formula is C14H16ClN3O4. The van der Waals surface area contributed by atoms with Crippen LogP contribution in [0.25, 0.3) is 0 Å². The van der Waals surface area contributed by atoms with E-state index in [1.165, 1.54) is 12.1 Å². The number of piperidine rings is 1. The molecular weight excluding hydrogens is 310 g/mol. The number of halogens is 1. The van der Waals surface area contributed by atoms with Crippen molar-refractivity contribution in [2.45, 2.75) is 31.8 Å². The summed E-state index contributed by atoms with van der Waals surface area (Å²) in [7, 11) is 0. The van der Waals surface area contributed by atoms with Gasteiger partial charge in [-0.15, -0.1) is 0 Å². The largest absolute Gasteiger partial charge is 0.440 e. The van der Waals surface area contributed by atoms with E-state index in [0.717, 1.165) is 0 Å². The number of nitrogens with zero attached hydrogens (tertiary/aromatic N) is 3. The van der Waals surface area contributed by atoms with Crippen LogP contribution in [0, 0.1) is 6.92 Å². The second-order valence-corrected chi connectivity index (χ2v) is 5.94. The molecule has 0 radical (unpaired) electrons. The monoisotopic (exact) mass is 325 g/mol. The van der Waals surface area contributed by atoms with E-state index < -0.39 is 5.60 Å². The first-order valence-electron chi connectivity index (χ1n) is 7.01. The number of aromatic nitrogens is 2. The van der Waals surface area contributed by atoms with Crippen LogP contribution in [-0.2, 0) is 6.42 Å². The fourth-order valence-corrected chi connectivity index (χ4v) is 2.85. The molecule has 2 aromatic rings. The average molecular weight is 326 g/mol. The minimum absolute atomic E-state index is 0.164. The van der Waals surface area contributed by atoms with Gasteiger partial charge in [-0.05, 0) is 43.5 Å². The minimum atomic E-state index is -1.08. The molecule has 1 aliphatic rings. The summed E-state index contributed by atoms with van der Waals surface area (Å²) in [5.41, 5.74) is -1.08. The summed E-state index contributed by atoms with van der Waals surface area (Å²) in [6.45, 7) is 2.46. The number of carbonyl (C=O) groups excluding carboxylic acids is 1. The van der Waals surface area contributed by atoms with E-state index in [0.29, 0.717) is 31.1 Å². The van der Waals surface area contributed by atoms with Gasteiger partial charge >= 0.3 is 0 Å². The lowest BCUT2D eigenvalue weighted by Crippen LogP contribution is -2.51. The Morgan fingerprint density at radius 2 is 2.36 bits per heavy atom. The molecule has 1 amide bonds. The van der Waals surface area contributed by atoms with Crippen molar-refractivity contribution in [3.05, 3.63) is 34.8 Å². The van der Waals surface area contributed by atoms with E-state index in [9.17, 15) is 9.90 Å². The second kappa shape index (κ2) is 5.73. The molecule has 1 N–H and O–H groups in total. The lowest BCUT2D eigenvalue weighted by atomic mass is 9.89. The van der Waals surface area contributed by atoms with E-state index >= 15 is 0 Å². The summed E-state index contributed by atoms with van der Waals surface area (Å²) in [6.07, 6.45) is 1.47. The SMILES string of the molecule is Cc1noc(CC2(O)CCCN(C(=O)c3ccc(Cl)o3)C2)n1. The number of aryl methyl sites for hydroxylation is 1. The Kier molecular flexibility index (Phi) is 3.92. The van der Waals surface area contributed by atoms with Crippen molar-refractivity contribution in [2.75, 3.05) is 13.1 Å². The molecule has 2 aromatic heterocycles. The first-order valence-corrected chi connectivity index (χ1v) is 7.39. The fraction of sp³-hybridized carbons (Fsp3) is 0.500. The molecule has 0 saturated carbocycles. The van der Waals surface area contributed by atoms with Crippen molar-refractivity contribution < 1.29 is 18.8 Å². The molecule has 8 heteroatoms. The van der Waals surface area contributed by atoms with Gasteiger partial charge in [-0.25, -0.2) is 0 Å². The van der Waals surface area contributed by atoms with Crippen molar-refractivity contribution in [1.82, 2.24) is 15.0 Å². The van der Waals surface area contributed by atoms with Gasteiger partial charge in [-0.3, -0.25) is 4.79 Å². The molecule has 1 fully saturated rings. The van der Waals surface area contributed by atoms with Crippen LogP contribution in [-0.4, -0.2) is 44.7 Å². The highest BCUT2D eigenvalue weighted by Gasteiger charge is 2.37. The Balaban J connectivity index is 1.71. The maximum atomic E-state index is 12.4. The number of rotatable bonds is 3. The normalized spacial score (nSPS) is 22.0. The Morgan fingerprint density at radius 3 is 3.00 bits per heavy atom. The summed E-state index contributed by atoms with van der Waals surface area (Å²) in [4.78, 5) is 18.0. The van der Waals surface area contributed by atoms with Crippen LogP contribution in [0.15, 0.2) is 21.1 Å². The van der Waals surface area contributed by atoms with Crippen LogP contribution in [0.5, 0.6) is 0 Å². The van der Waals surface area contributed by atoms with Gasteiger partial charge in [0.2, 0.25) is 5.89 Å². The number of amides is 1. The topological polar surface area (TPSA) is 92.6 Å². The molecule has 1 aliphatic heterocycles. The molecule has 0 spiro atoms. The summed E-state index contributed by atoms with van der Waals surface area (Å²) >= 11 is 5.69. The summed E-state index contributed by atoms with van der Waals surface area (Å²) in [5.74, 6) is 0.775. The molecule has 118 valence electrons. The molecule has 7 nitrogen and oxygen atoms in total. The van der Waals surface area contributed by atoms with Crippen LogP contribution in [0.4, 0.5) is 0 Å². The van der Waals surface area contributed by atoms with Crippen molar-refractivity contribution >= 4 is 17.5 Å². The Labute approximate surface area is 131 Å². The highest BCUT2D eigenvalue weighted by atomic mass is 35.5. The third-order valence-electron chi connectivity index (χ3n) is 3.68. The third kappa shape index (κ3) is 3.15. The highest BCUT2D eigenvalue weighted by Crippen LogP contribution is 2.26. The smallest absolute Gasteiger partial charge is 0.289 e. The predicted molar refractivity (Wildman–Crippen MR) is 76.5 cm³/mol. The first-order chi connectivity index (χ1) is 10.5. The quantitative estimate of drug-likeness (QED) is 0.925. The van der Waals surface area contributed by atoms with E-state index in [-0.39, 0.29) is 29.9 Å². The van der Waals surface area contributed by atoms with Crippen molar-refractivity contribution in [1.29, 1.82) is 0 Å². The van der Waals surface area contributed by atoms with Crippen LogP contribution >= 0.6 is 11.6 Å². The van der Waals surface area contributed by atoms with Crippen LogP contribution in [0.2, 0.25) is 5.22 Å². The standard InChI is InChI=1S/C14H16ClN3O4/c1-9-16-12(22-17-9)7-14(20)5-2-6-18(8-14)13(19)10-3-4-11(15)21-10/h3-4,20H,2,5-8H2,1H3. The maximum Gasteiger partial charge on any atom is 0.289 e. The molecule has 1 atom stereocenters. The molecule has 1 saturated heterocycles. The Morgan fingerprint density at radius 1 is 1.55 bits per heavy atom. The van der Waals surface area contributed by atoms with Gasteiger partial charge in [0.05, 0.1) is 18.6 Å². The van der Waals surface area contributed by atoms with E-state index in [1.807, 2.05) is 0 Å². The number of carbonyl (C=O) groups is 1. The van der Waals surface area contributed by atoms with Gasteiger partial charge in [0.1, 0.15) is 0 Å². The second-order valence-electron chi connectivity index (χ2n) is 5.57. The third-order valence-corrected chi connectivity index (χ3v) is 3.88. The summed E-state index contributed by atoms with van der Waals surface area (Å²) < 4.78 is 10.2. The lowest BCUT2D eigenvalue weighted by Gasteiger charge is -2.38. The van der Waals surface area contributed by atoms with Crippen molar-refractivity contribution in [3.63, 3.8) is 0 Å². The van der Waals surface area contributed by atoms with Crippen LogP contribution < -0.4 is 0 Å². The van der Waals surface area contributed by atoms with E-state index in [4.69, 9.17) is 20.5 Å². The maximum absolute atomic E-state index is 12.4. The molecule has 1 unspecified atom stereocenters. The zero-order valence-electron chi connectivity index (χ0n) is 12.1. The van der Waals surface area contributed by atoms with E-state index in [1.54, 1.807) is 11.8 Å². The summed E-state index contributed by atoms with van der Waals surface area (Å²) in [6, 6.07) is 3.05. The minimum Gasteiger partial charge on any atom is -0.440 e. The molecule has 0 aromatic carbocycles.